The molecule has 1 heterocycles. The van der Waals surface area contributed by atoms with E-state index in [0.29, 0.717) is 0 Å². The molecule has 0 fully saturated rings. The number of fused-ring (bicyclic) bond motifs is 1. The summed E-state index contributed by atoms with van der Waals surface area (Å²) in [6.07, 6.45) is 1.96. The van der Waals surface area contributed by atoms with Gasteiger partial charge < -0.3 is 20.7 Å². The number of rotatable bonds is 4. The topological polar surface area (TPSA) is 67.6 Å². The Morgan fingerprint density at radius 1 is 1.24 bits per heavy atom. The molecule has 1 amide bonds. The van der Waals surface area contributed by atoms with Crippen LogP contribution in [0.1, 0.15) is 18.9 Å². The third-order valence-corrected chi connectivity index (χ3v) is 4.53. The third-order valence-electron chi connectivity index (χ3n) is 4.53. The van der Waals surface area contributed by atoms with Crippen molar-refractivity contribution in [3.8, 4) is 5.75 Å². The predicted octanol–water partition coefficient (Wildman–Crippen LogP) is 3.48. The van der Waals surface area contributed by atoms with Gasteiger partial charge in [0.15, 0.2) is 0 Å². The number of hydrogen-bond donors (Lipinski definition) is 2. The molecule has 1 atom stereocenters. The minimum absolute atomic E-state index is 0. The Hall–Kier alpha value is -2.40. The van der Waals surface area contributed by atoms with E-state index < -0.39 is 0 Å². The van der Waals surface area contributed by atoms with E-state index in [0.717, 1.165) is 47.8 Å². The molecule has 134 valence electrons. The van der Waals surface area contributed by atoms with Crippen molar-refractivity contribution in [3.05, 3.63) is 48.0 Å². The number of halogens is 1. The summed E-state index contributed by atoms with van der Waals surface area (Å²) < 4.78 is 5.13. The summed E-state index contributed by atoms with van der Waals surface area (Å²) in [5, 5.41) is 2.97. The van der Waals surface area contributed by atoms with Gasteiger partial charge in [-0.3, -0.25) is 4.79 Å². The van der Waals surface area contributed by atoms with Crippen LogP contribution in [-0.2, 0) is 11.2 Å². The number of carbonyl (C=O) groups is 1. The lowest BCUT2D eigenvalue weighted by molar-refractivity contribution is -0.117. The number of nitrogen functional groups attached to an aromatic ring is 1. The summed E-state index contributed by atoms with van der Waals surface area (Å²) in [6, 6.07) is 13.0. The van der Waals surface area contributed by atoms with E-state index in [-0.39, 0.29) is 24.4 Å². The van der Waals surface area contributed by atoms with E-state index >= 15 is 0 Å². The molecule has 5 nitrogen and oxygen atoms in total. The molecule has 1 unspecified atom stereocenters. The second-order valence-corrected chi connectivity index (χ2v) is 6.04. The SMILES string of the molecule is COc1ccc(NC(=O)C(C)N2CCCc3c(N)cccc32)cc1.Cl. The van der Waals surface area contributed by atoms with E-state index in [9.17, 15) is 4.79 Å². The molecular formula is C19H24ClN3O2. The first-order valence-corrected chi connectivity index (χ1v) is 8.19. The maximum atomic E-state index is 12.6. The van der Waals surface area contributed by atoms with Gasteiger partial charge in [0.05, 0.1) is 7.11 Å². The van der Waals surface area contributed by atoms with Crippen molar-refractivity contribution in [1.82, 2.24) is 0 Å². The summed E-state index contributed by atoms with van der Waals surface area (Å²) in [5.41, 5.74) is 9.87. The first-order valence-electron chi connectivity index (χ1n) is 8.19. The number of benzene rings is 2. The summed E-state index contributed by atoms with van der Waals surface area (Å²) >= 11 is 0. The zero-order valence-electron chi connectivity index (χ0n) is 14.5. The molecule has 6 heteroatoms. The van der Waals surface area contributed by atoms with Gasteiger partial charge in [0.1, 0.15) is 11.8 Å². The summed E-state index contributed by atoms with van der Waals surface area (Å²) in [7, 11) is 1.62. The van der Waals surface area contributed by atoms with Crippen LogP contribution in [0.5, 0.6) is 5.75 Å². The maximum Gasteiger partial charge on any atom is 0.246 e. The van der Waals surface area contributed by atoms with Gasteiger partial charge >= 0.3 is 0 Å². The molecule has 0 bridgehead atoms. The first kappa shape index (κ1) is 18.9. The minimum atomic E-state index is -0.270. The fourth-order valence-corrected chi connectivity index (χ4v) is 3.14. The molecule has 1 aliphatic rings. The van der Waals surface area contributed by atoms with Crippen molar-refractivity contribution in [2.75, 3.05) is 29.6 Å². The average Bonchev–Trinajstić information content (AvgIpc) is 2.61. The number of methoxy groups -OCH3 is 1. The van der Waals surface area contributed by atoms with E-state index in [1.54, 1.807) is 7.11 Å². The first-order chi connectivity index (χ1) is 11.6. The second kappa shape index (κ2) is 8.12. The Bertz CT molecular complexity index is 734. The Kier molecular flexibility index (Phi) is 6.15. The molecule has 0 aromatic heterocycles. The van der Waals surface area contributed by atoms with Crippen LogP contribution in [0.3, 0.4) is 0 Å². The zero-order valence-corrected chi connectivity index (χ0v) is 15.3. The molecule has 1 aliphatic heterocycles. The van der Waals surface area contributed by atoms with Crippen molar-refractivity contribution in [1.29, 1.82) is 0 Å². The van der Waals surface area contributed by atoms with Crippen LogP contribution < -0.4 is 20.7 Å². The molecule has 25 heavy (non-hydrogen) atoms. The highest BCUT2D eigenvalue weighted by atomic mass is 35.5. The lowest BCUT2D eigenvalue weighted by atomic mass is 9.98. The quantitative estimate of drug-likeness (QED) is 0.818. The van der Waals surface area contributed by atoms with Gasteiger partial charge in [-0.05, 0) is 61.7 Å². The monoisotopic (exact) mass is 361 g/mol. The molecule has 0 aliphatic carbocycles. The molecule has 0 radical (unpaired) electrons. The lowest BCUT2D eigenvalue weighted by Gasteiger charge is -2.36. The highest BCUT2D eigenvalue weighted by molar-refractivity contribution is 5.97. The van der Waals surface area contributed by atoms with E-state index in [4.69, 9.17) is 10.5 Å². The molecule has 3 N–H and O–H groups in total. The predicted molar refractivity (Wildman–Crippen MR) is 105 cm³/mol. The molecule has 0 saturated heterocycles. The molecule has 0 saturated carbocycles. The van der Waals surface area contributed by atoms with Gasteiger partial charge in [-0.2, -0.15) is 0 Å². The van der Waals surface area contributed by atoms with Crippen molar-refractivity contribution in [2.45, 2.75) is 25.8 Å². The van der Waals surface area contributed by atoms with Crippen molar-refractivity contribution in [3.63, 3.8) is 0 Å². The van der Waals surface area contributed by atoms with Gasteiger partial charge in [-0.15, -0.1) is 12.4 Å². The van der Waals surface area contributed by atoms with Crippen LogP contribution in [0.4, 0.5) is 17.1 Å². The number of ether oxygens (including phenoxy) is 1. The normalized spacial score (nSPS) is 14.1. The minimum Gasteiger partial charge on any atom is -0.497 e. The fourth-order valence-electron chi connectivity index (χ4n) is 3.14. The van der Waals surface area contributed by atoms with Crippen LogP contribution in [0, 0.1) is 0 Å². The average molecular weight is 362 g/mol. The van der Waals surface area contributed by atoms with Gasteiger partial charge in [0.25, 0.3) is 0 Å². The third kappa shape index (κ3) is 3.99. The van der Waals surface area contributed by atoms with Crippen LogP contribution in [-0.4, -0.2) is 25.6 Å². The molecular weight excluding hydrogens is 338 g/mol. The number of hydrogen-bond acceptors (Lipinski definition) is 4. The van der Waals surface area contributed by atoms with Gasteiger partial charge in [0, 0.05) is 23.6 Å². The van der Waals surface area contributed by atoms with Gasteiger partial charge in [-0.1, -0.05) is 6.07 Å². The number of amides is 1. The summed E-state index contributed by atoms with van der Waals surface area (Å²) in [5.74, 6) is 0.733. The second-order valence-electron chi connectivity index (χ2n) is 6.04. The van der Waals surface area contributed by atoms with E-state index in [1.807, 2.05) is 49.4 Å². The molecule has 3 rings (SSSR count). The smallest absolute Gasteiger partial charge is 0.246 e. The number of nitrogens with two attached hydrogens (primary N) is 1. The van der Waals surface area contributed by atoms with Gasteiger partial charge in [-0.25, -0.2) is 0 Å². The molecule has 0 spiro atoms. The van der Waals surface area contributed by atoms with Crippen LogP contribution in [0.15, 0.2) is 42.5 Å². The van der Waals surface area contributed by atoms with Crippen molar-refractivity contribution < 1.29 is 9.53 Å². The Morgan fingerprint density at radius 3 is 2.64 bits per heavy atom. The zero-order chi connectivity index (χ0) is 17.1. The lowest BCUT2D eigenvalue weighted by Crippen LogP contribution is -2.44. The standard InChI is InChI=1S/C19H23N3O2.ClH/c1-13(19(23)21-14-8-10-15(24-2)11-9-14)22-12-4-5-16-17(20)6-3-7-18(16)22;/h3,6-11,13H,4-5,12,20H2,1-2H3,(H,21,23);1H. The Labute approximate surface area is 154 Å². The fraction of sp³-hybridized carbons (Fsp3) is 0.316. The summed E-state index contributed by atoms with van der Waals surface area (Å²) in [4.78, 5) is 14.8. The molecule has 2 aromatic rings. The van der Waals surface area contributed by atoms with E-state index in [1.165, 1.54) is 0 Å². The number of anilines is 3. The Morgan fingerprint density at radius 2 is 1.96 bits per heavy atom. The molecule has 2 aromatic carbocycles. The maximum absolute atomic E-state index is 12.6. The van der Waals surface area contributed by atoms with Crippen LogP contribution in [0.2, 0.25) is 0 Å². The van der Waals surface area contributed by atoms with Crippen molar-refractivity contribution in [2.24, 2.45) is 0 Å². The number of carbonyl (C=O) groups excluding carboxylic acids is 1. The highest BCUT2D eigenvalue weighted by Crippen LogP contribution is 2.32. The summed E-state index contributed by atoms with van der Waals surface area (Å²) in [6.45, 7) is 2.78. The largest absolute Gasteiger partial charge is 0.497 e. The van der Waals surface area contributed by atoms with Gasteiger partial charge in [0.2, 0.25) is 5.91 Å². The van der Waals surface area contributed by atoms with Crippen LogP contribution in [0.25, 0.3) is 0 Å². The number of nitrogens with one attached hydrogen (secondary N) is 1. The highest BCUT2D eigenvalue weighted by Gasteiger charge is 2.26. The van der Waals surface area contributed by atoms with Crippen molar-refractivity contribution >= 4 is 35.4 Å². The van der Waals surface area contributed by atoms with Crippen LogP contribution >= 0.6 is 12.4 Å². The van der Waals surface area contributed by atoms with E-state index in [2.05, 4.69) is 10.2 Å². The number of nitrogens with zero attached hydrogens (tertiary/aromatic N) is 1. The Balaban J connectivity index is 0.00000225.